The summed E-state index contributed by atoms with van der Waals surface area (Å²) in [6, 6.07) is 10.4. The highest BCUT2D eigenvalue weighted by Gasteiger charge is 2.24. The summed E-state index contributed by atoms with van der Waals surface area (Å²) in [4.78, 5) is 14.1. The first-order chi connectivity index (χ1) is 10.2. The number of rotatable bonds is 1. The van der Waals surface area contributed by atoms with E-state index in [2.05, 4.69) is 5.32 Å². The summed E-state index contributed by atoms with van der Waals surface area (Å²) in [5.41, 5.74) is 1.43. The van der Waals surface area contributed by atoms with Crippen molar-refractivity contribution in [3.63, 3.8) is 0 Å². The first kappa shape index (κ1) is 13.5. The number of hydrogen-bond acceptors (Lipinski definition) is 2. The molecule has 0 spiro atoms. The summed E-state index contributed by atoms with van der Waals surface area (Å²) in [7, 11) is 0. The van der Waals surface area contributed by atoms with E-state index in [1.54, 1.807) is 0 Å². The van der Waals surface area contributed by atoms with Crippen LogP contribution >= 0.6 is 0 Å². The van der Waals surface area contributed by atoms with Gasteiger partial charge in [0.05, 0.1) is 16.9 Å². The Kier molecular flexibility index (Phi) is 3.56. The Morgan fingerprint density at radius 2 is 1.95 bits per heavy atom. The molecule has 3 nitrogen and oxygen atoms in total. The third kappa shape index (κ3) is 2.59. The van der Waals surface area contributed by atoms with Crippen molar-refractivity contribution >= 4 is 17.3 Å². The number of nitrogens with one attached hydrogen (secondary N) is 1. The van der Waals surface area contributed by atoms with Crippen LogP contribution in [0.5, 0.6) is 0 Å². The number of nitrogens with zero attached hydrogens (tertiary/aromatic N) is 1. The highest BCUT2D eigenvalue weighted by molar-refractivity contribution is 6.08. The number of para-hydroxylation sites is 2. The lowest BCUT2D eigenvalue weighted by atomic mass is 10.1. The van der Waals surface area contributed by atoms with Gasteiger partial charge in [-0.2, -0.15) is 0 Å². The molecule has 5 heteroatoms. The predicted octanol–water partition coefficient (Wildman–Crippen LogP) is 3.43. The zero-order valence-electron chi connectivity index (χ0n) is 11.3. The Morgan fingerprint density at radius 1 is 1.14 bits per heavy atom. The first-order valence-corrected chi connectivity index (χ1v) is 6.76. The average Bonchev–Trinajstić information content (AvgIpc) is 2.69. The number of halogens is 2. The maximum Gasteiger partial charge on any atom is 0.261 e. The van der Waals surface area contributed by atoms with Crippen molar-refractivity contribution in [2.45, 2.75) is 6.42 Å². The van der Waals surface area contributed by atoms with Crippen LogP contribution in [-0.2, 0) is 0 Å². The number of benzene rings is 2. The number of anilines is 2. The number of carbonyl (C=O) groups is 1. The highest BCUT2D eigenvalue weighted by atomic mass is 19.1. The van der Waals surface area contributed by atoms with Gasteiger partial charge in [0.1, 0.15) is 11.6 Å². The molecule has 1 aliphatic rings. The van der Waals surface area contributed by atoms with E-state index >= 15 is 0 Å². The van der Waals surface area contributed by atoms with Crippen LogP contribution in [0.3, 0.4) is 0 Å². The summed E-state index contributed by atoms with van der Waals surface area (Å²) in [5.74, 6) is -1.99. The van der Waals surface area contributed by atoms with E-state index in [0.29, 0.717) is 12.2 Å². The van der Waals surface area contributed by atoms with Gasteiger partial charge in [-0.15, -0.1) is 0 Å². The standard InChI is InChI=1S/C16H14F2N2O/c17-11-6-7-12(13(18)10-11)16(21)20-9-3-8-19-14-4-1-2-5-15(14)20/h1-2,4-7,10,19H,3,8-9H2. The SMILES string of the molecule is O=C(c1ccc(F)cc1F)N1CCCNc2ccccc21. The number of carbonyl (C=O) groups excluding carboxylic acids is 1. The molecule has 2 aromatic carbocycles. The minimum atomic E-state index is -0.838. The molecule has 2 aromatic rings. The normalized spacial score (nSPS) is 14.1. The van der Waals surface area contributed by atoms with E-state index in [4.69, 9.17) is 0 Å². The molecular formula is C16H14F2N2O. The first-order valence-electron chi connectivity index (χ1n) is 6.76. The summed E-state index contributed by atoms with van der Waals surface area (Å²) in [5, 5.41) is 3.24. The van der Waals surface area contributed by atoms with Crippen molar-refractivity contribution in [2.24, 2.45) is 0 Å². The second-order valence-corrected chi connectivity index (χ2v) is 4.88. The summed E-state index contributed by atoms with van der Waals surface area (Å²) in [6.45, 7) is 1.23. The third-order valence-corrected chi connectivity index (χ3v) is 3.48. The summed E-state index contributed by atoms with van der Waals surface area (Å²) < 4.78 is 26.8. The molecule has 1 aliphatic heterocycles. The lowest BCUT2D eigenvalue weighted by Gasteiger charge is -2.22. The smallest absolute Gasteiger partial charge is 0.261 e. The van der Waals surface area contributed by atoms with Crippen LogP contribution in [0.1, 0.15) is 16.8 Å². The molecule has 0 saturated carbocycles. The molecule has 0 unspecified atom stereocenters. The average molecular weight is 288 g/mol. The Labute approximate surface area is 121 Å². The Hall–Kier alpha value is -2.43. The van der Waals surface area contributed by atoms with Crippen molar-refractivity contribution in [1.29, 1.82) is 0 Å². The van der Waals surface area contributed by atoms with Crippen LogP contribution in [0.25, 0.3) is 0 Å². The minimum Gasteiger partial charge on any atom is -0.383 e. The molecule has 0 aromatic heterocycles. The van der Waals surface area contributed by atoms with Crippen LogP contribution in [-0.4, -0.2) is 19.0 Å². The van der Waals surface area contributed by atoms with Crippen LogP contribution in [0.4, 0.5) is 20.2 Å². The third-order valence-electron chi connectivity index (χ3n) is 3.48. The molecule has 21 heavy (non-hydrogen) atoms. The van der Waals surface area contributed by atoms with Gasteiger partial charge in [-0.05, 0) is 30.7 Å². The van der Waals surface area contributed by atoms with Gasteiger partial charge < -0.3 is 10.2 Å². The maximum absolute atomic E-state index is 13.8. The van der Waals surface area contributed by atoms with Crippen molar-refractivity contribution in [3.05, 3.63) is 59.7 Å². The van der Waals surface area contributed by atoms with Crippen LogP contribution < -0.4 is 10.2 Å². The van der Waals surface area contributed by atoms with Crippen molar-refractivity contribution in [2.75, 3.05) is 23.3 Å². The van der Waals surface area contributed by atoms with Crippen molar-refractivity contribution < 1.29 is 13.6 Å². The Balaban J connectivity index is 2.01. The fourth-order valence-electron chi connectivity index (χ4n) is 2.46. The van der Waals surface area contributed by atoms with Gasteiger partial charge in [0.2, 0.25) is 0 Å². The molecule has 0 atom stereocenters. The molecule has 0 fully saturated rings. The van der Waals surface area contributed by atoms with E-state index in [-0.39, 0.29) is 5.56 Å². The van der Waals surface area contributed by atoms with Gasteiger partial charge >= 0.3 is 0 Å². The highest BCUT2D eigenvalue weighted by Crippen LogP contribution is 2.29. The molecule has 1 amide bonds. The maximum atomic E-state index is 13.8. The van der Waals surface area contributed by atoms with Crippen LogP contribution in [0, 0.1) is 11.6 Å². The largest absolute Gasteiger partial charge is 0.383 e. The van der Waals surface area contributed by atoms with Gasteiger partial charge in [0.15, 0.2) is 0 Å². The van der Waals surface area contributed by atoms with E-state index in [1.165, 1.54) is 11.0 Å². The van der Waals surface area contributed by atoms with Crippen molar-refractivity contribution in [3.8, 4) is 0 Å². The fraction of sp³-hybridized carbons (Fsp3) is 0.188. The van der Waals surface area contributed by atoms with Gasteiger partial charge in [0.25, 0.3) is 5.91 Å². The molecule has 0 radical (unpaired) electrons. The predicted molar refractivity (Wildman–Crippen MR) is 77.6 cm³/mol. The zero-order valence-corrected chi connectivity index (χ0v) is 11.3. The quantitative estimate of drug-likeness (QED) is 0.872. The second kappa shape index (κ2) is 5.52. The molecule has 3 rings (SSSR count). The van der Waals surface area contributed by atoms with Crippen molar-refractivity contribution in [1.82, 2.24) is 0 Å². The topological polar surface area (TPSA) is 32.3 Å². The van der Waals surface area contributed by atoms with Crippen LogP contribution in [0.15, 0.2) is 42.5 Å². The molecule has 0 saturated heterocycles. The lowest BCUT2D eigenvalue weighted by Crippen LogP contribution is -2.32. The molecule has 1 heterocycles. The van der Waals surface area contributed by atoms with Gasteiger partial charge in [-0.1, -0.05) is 12.1 Å². The Morgan fingerprint density at radius 3 is 2.76 bits per heavy atom. The zero-order chi connectivity index (χ0) is 14.8. The Bertz CT molecular complexity index is 688. The van der Waals surface area contributed by atoms with Gasteiger partial charge in [0, 0.05) is 19.2 Å². The summed E-state index contributed by atoms with van der Waals surface area (Å²) >= 11 is 0. The molecule has 1 N–H and O–H groups in total. The number of amides is 1. The summed E-state index contributed by atoms with van der Waals surface area (Å²) in [6.07, 6.45) is 0.753. The lowest BCUT2D eigenvalue weighted by molar-refractivity contribution is 0.0983. The van der Waals surface area contributed by atoms with E-state index in [0.717, 1.165) is 30.8 Å². The second-order valence-electron chi connectivity index (χ2n) is 4.88. The molecule has 0 aliphatic carbocycles. The fourth-order valence-corrected chi connectivity index (χ4v) is 2.46. The molecule has 0 bridgehead atoms. The van der Waals surface area contributed by atoms with E-state index in [1.807, 2.05) is 24.3 Å². The van der Waals surface area contributed by atoms with Gasteiger partial charge in [-0.25, -0.2) is 8.78 Å². The number of fused-ring (bicyclic) bond motifs is 1. The van der Waals surface area contributed by atoms with Crippen LogP contribution in [0.2, 0.25) is 0 Å². The molecule has 108 valence electrons. The van der Waals surface area contributed by atoms with E-state index < -0.39 is 17.5 Å². The van der Waals surface area contributed by atoms with E-state index in [9.17, 15) is 13.6 Å². The minimum absolute atomic E-state index is 0.117. The molecular weight excluding hydrogens is 274 g/mol. The van der Waals surface area contributed by atoms with Gasteiger partial charge in [-0.3, -0.25) is 4.79 Å². The monoisotopic (exact) mass is 288 g/mol. The number of hydrogen-bond donors (Lipinski definition) is 1.